The van der Waals surface area contributed by atoms with E-state index in [-0.39, 0.29) is 6.61 Å². The van der Waals surface area contributed by atoms with E-state index >= 15 is 0 Å². The molecule has 0 aliphatic heterocycles. The number of ether oxygens (including phenoxy) is 5. The number of nitrogens with one attached hydrogen (secondary N) is 1. The van der Waals surface area contributed by atoms with Crippen molar-refractivity contribution in [2.45, 2.75) is 45.9 Å². The third-order valence-electron chi connectivity index (χ3n) is 4.56. The summed E-state index contributed by atoms with van der Waals surface area (Å²) in [6.45, 7) is 7.91. The molecule has 170 valence electrons. The summed E-state index contributed by atoms with van der Waals surface area (Å²) in [4.78, 5) is 12.6. The van der Waals surface area contributed by atoms with E-state index in [2.05, 4.69) is 5.32 Å². The van der Waals surface area contributed by atoms with Crippen molar-refractivity contribution in [1.82, 2.24) is 5.32 Å². The van der Waals surface area contributed by atoms with Gasteiger partial charge in [-0.05, 0) is 39.3 Å². The van der Waals surface area contributed by atoms with Crippen LogP contribution in [-0.4, -0.2) is 39.6 Å². The van der Waals surface area contributed by atoms with Crippen molar-refractivity contribution in [3.63, 3.8) is 0 Å². The molecule has 0 unspecified atom stereocenters. The lowest BCUT2D eigenvalue weighted by molar-refractivity contribution is 0.0425. The van der Waals surface area contributed by atoms with Gasteiger partial charge in [-0.1, -0.05) is 30.3 Å². The summed E-state index contributed by atoms with van der Waals surface area (Å²) in [6, 6.07) is 11.1. The Morgan fingerprint density at radius 1 is 1.00 bits per heavy atom. The first-order chi connectivity index (χ1) is 14.7. The van der Waals surface area contributed by atoms with Gasteiger partial charge in [-0.3, -0.25) is 0 Å². The number of amides is 1. The van der Waals surface area contributed by atoms with Crippen molar-refractivity contribution >= 4 is 6.09 Å². The van der Waals surface area contributed by atoms with Crippen LogP contribution < -0.4 is 19.5 Å². The van der Waals surface area contributed by atoms with E-state index in [1.807, 2.05) is 64.1 Å². The molecule has 0 radical (unpaired) electrons. The van der Waals surface area contributed by atoms with Gasteiger partial charge in [0.1, 0.15) is 11.4 Å². The van der Waals surface area contributed by atoms with Crippen LogP contribution in [0.2, 0.25) is 0 Å². The predicted octanol–water partition coefficient (Wildman–Crippen LogP) is 4.80. The van der Waals surface area contributed by atoms with Crippen LogP contribution in [-0.2, 0) is 16.1 Å². The fourth-order valence-electron chi connectivity index (χ4n) is 3.18. The molecule has 1 atom stereocenters. The van der Waals surface area contributed by atoms with E-state index in [0.717, 1.165) is 11.1 Å². The number of methoxy groups -OCH3 is 3. The summed E-state index contributed by atoms with van der Waals surface area (Å²) in [5.41, 5.74) is 1.86. The Kier molecular flexibility index (Phi) is 8.56. The second-order valence-electron chi connectivity index (χ2n) is 8.06. The second kappa shape index (κ2) is 10.9. The minimum atomic E-state index is -0.633. The van der Waals surface area contributed by atoms with Crippen molar-refractivity contribution in [2.75, 3.05) is 27.9 Å². The monoisotopic (exact) mass is 431 g/mol. The third-order valence-corrected chi connectivity index (χ3v) is 4.56. The zero-order chi connectivity index (χ0) is 23.0. The van der Waals surface area contributed by atoms with Gasteiger partial charge in [0.2, 0.25) is 0 Å². The summed E-state index contributed by atoms with van der Waals surface area (Å²) >= 11 is 0. The highest BCUT2D eigenvalue weighted by Gasteiger charge is 2.27. The summed E-state index contributed by atoms with van der Waals surface area (Å²) in [5, 5.41) is 2.90. The van der Waals surface area contributed by atoms with Crippen LogP contribution in [0.4, 0.5) is 4.79 Å². The van der Waals surface area contributed by atoms with Gasteiger partial charge < -0.3 is 29.0 Å². The fraction of sp³-hybridized carbons (Fsp3) is 0.458. The number of hydrogen-bond acceptors (Lipinski definition) is 6. The molecule has 1 N–H and O–H groups in total. The molecule has 0 saturated carbocycles. The third kappa shape index (κ3) is 6.79. The smallest absolute Gasteiger partial charge is 0.408 e. The molecule has 0 spiro atoms. The Hall–Kier alpha value is -2.93. The molecular weight excluding hydrogens is 398 g/mol. The molecule has 0 aromatic heterocycles. The minimum absolute atomic E-state index is 0.194. The Labute approximate surface area is 184 Å². The second-order valence-corrected chi connectivity index (χ2v) is 8.06. The summed E-state index contributed by atoms with van der Waals surface area (Å²) in [6.07, 6.45) is -0.554. The van der Waals surface area contributed by atoms with Gasteiger partial charge in [-0.2, -0.15) is 0 Å². The Bertz CT molecular complexity index is 861. The molecule has 2 aromatic rings. The van der Waals surface area contributed by atoms with Crippen LogP contribution in [0.25, 0.3) is 0 Å². The molecule has 1 amide bonds. The van der Waals surface area contributed by atoms with E-state index in [0.29, 0.717) is 29.4 Å². The molecule has 0 fully saturated rings. The van der Waals surface area contributed by atoms with Gasteiger partial charge in [0.05, 0.1) is 40.6 Å². The summed E-state index contributed by atoms with van der Waals surface area (Å²) in [5.74, 6) is 1.66. The van der Waals surface area contributed by atoms with Crippen molar-refractivity contribution < 1.29 is 28.5 Å². The SMILES string of the molecule is COc1cc([C@H](COCc2ccccc2)NC(=O)OC(C)(C)C)c(OC)c(OC)c1C. The van der Waals surface area contributed by atoms with Gasteiger partial charge >= 0.3 is 6.09 Å². The average molecular weight is 432 g/mol. The number of alkyl carbamates (subject to hydrolysis) is 1. The van der Waals surface area contributed by atoms with E-state index < -0.39 is 17.7 Å². The van der Waals surface area contributed by atoms with E-state index in [1.54, 1.807) is 21.3 Å². The van der Waals surface area contributed by atoms with Crippen LogP contribution in [0.5, 0.6) is 17.2 Å². The molecule has 2 rings (SSSR count). The number of benzene rings is 2. The Morgan fingerprint density at radius 2 is 1.65 bits per heavy atom. The highest BCUT2D eigenvalue weighted by atomic mass is 16.6. The lowest BCUT2D eigenvalue weighted by Gasteiger charge is -2.26. The van der Waals surface area contributed by atoms with Gasteiger partial charge in [0.15, 0.2) is 11.5 Å². The van der Waals surface area contributed by atoms with Crippen LogP contribution >= 0.6 is 0 Å². The van der Waals surface area contributed by atoms with Crippen LogP contribution in [0.15, 0.2) is 36.4 Å². The van der Waals surface area contributed by atoms with E-state index in [1.165, 1.54) is 0 Å². The lowest BCUT2D eigenvalue weighted by atomic mass is 10.0. The van der Waals surface area contributed by atoms with Crippen LogP contribution in [0.3, 0.4) is 0 Å². The number of carbonyl (C=O) groups excluding carboxylic acids is 1. The normalized spacial score (nSPS) is 12.1. The zero-order valence-corrected chi connectivity index (χ0v) is 19.4. The van der Waals surface area contributed by atoms with Crippen LogP contribution in [0, 0.1) is 6.92 Å². The maximum Gasteiger partial charge on any atom is 0.408 e. The molecule has 0 aliphatic rings. The maximum atomic E-state index is 12.6. The highest BCUT2D eigenvalue weighted by molar-refractivity contribution is 5.69. The molecule has 0 aliphatic carbocycles. The van der Waals surface area contributed by atoms with Gasteiger partial charge in [0.25, 0.3) is 0 Å². The van der Waals surface area contributed by atoms with Gasteiger partial charge in [-0.15, -0.1) is 0 Å². The Balaban J connectivity index is 2.37. The first kappa shape index (κ1) is 24.3. The number of rotatable bonds is 9. The van der Waals surface area contributed by atoms with Crippen LogP contribution in [0.1, 0.15) is 43.5 Å². The molecule has 7 nitrogen and oxygen atoms in total. The van der Waals surface area contributed by atoms with Crippen molar-refractivity contribution in [1.29, 1.82) is 0 Å². The van der Waals surface area contributed by atoms with Gasteiger partial charge in [-0.25, -0.2) is 4.79 Å². The molecule has 0 saturated heterocycles. The molecule has 2 aromatic carbocycles. The van der Waals surface area contributed by atoms with Crippen molar-refractivity contribution in [3.05, 3.63) is 53.1 Å². The summed E-state index contributed by atoms with van der Waals surface area (Å²) < 4.78 is 28.1. The quantitative estimate of drug-likeness (QED) is 0.615. The molecule has 31 heavy (non-hydrogen) atoms. The van der Waals surface area contributed by atoms with Crippen molar-refractivity contribution in [3.8, 4) is 17.2 Å². The van der Waals surface area contributed by atoms with E-state index in [4.69, 9.17) is 23.7 Å². The largest absolute Gasteiger partial charge is 0.496 e. The first-order valence-electron chi connectivity index (χ1n) is 10.1. The minimum Gasteiger partial charge on any atom is -0.496 e. The fourth-order valence-corrected chi connectivity index (χ4v) is 3.18. The highest BCUT2D eigenvalue weighted by Crippen LogP contribution is 2.42. The first-order valence-corrected chi connectivity index (χ1v) is 10.1. The van der Waals surface area contributed by atoms with E-state index in [9.17, 15) is 4.79 Å². The molecule has 0 heterocycles. The molecule has 7 heteroatoms. The Morgan fingerprint density at radius 3 is 2.19 bits per heavy atom. The predicted molar refractivity (Wildman–Crippen MR) is 119 cm³/mol. The van der Waals surface area contributed by atoms with Gasteiger partial charge in [0, 0.05) is 11.1 Å². The molecule has 0 bridgehead atoms. The summed E-state index contributed by atoms with van der Waals surface area (Å²) in [7, 11) is 4.71. The standard InChI is InChI=1S/C24H33NO6/c1-16-20(27-5)13-18(22(29-7)21(16)28-6)19(25-23(26)31-24(2,3)4)15-30-14-17-11-9-8-10-12-17/h8-13,19H,14-15H2,1-7H3,(H,25,26)/t19-/m0/s1. The average Bonchev–Trinajstić information content (AvgIpc) is 2.72. The maximum absolute atomic E-state index is 12.6. The number of carbonyl (C=O) groups is 1. The lowest BCUT2D eigenvalue weighted by Crippen LogP contribution is -2.37. The molecular formula is C24H33NO6. The number of hydrogen-bond donors (Lipinski definition) is 1. The topological polar surface area (TPSA) is 75.3 Å². The van der Waals surface area contributed by atoms with Crippen molar-refractivity contribution in [2.24, 2.45) is 0 Å². The zero-order valence-electron chi connectivity index (χ0n) is 19.4.